The molecule has 0 saturated carbocycles. The zero-order valence-corrected chi connectivity index (χ0v) is 14.2. The number of aryl methyl sites for hydroxylation is 3. The molecule has 0 aliphatic carbocycles. The van der Waals surface area contributed by atoms with Crippen molar-refractivity contribution in [2.75, 3.05) is 11.9 Å². The number of fused-ring (bicyclic) bond motifs is 1. The summed E-state index contributed by atoms with van der Waals surface area (Å²) in [5.41, 5.74) is 4.19. The smallest absolute Gasteiger partial charge is 0.264 e. The Bertz CT molecular complexity index is 871. The van der Waals surface area contributed by atoms with Crippen LogP contribution in [0.3, 0.4) is 0 Å². The lowest BCUT2D eigenvalue weighted by atomic mass is 10.1. The molecule has 1 aromatic heterocycles. The number of nitrogens with zero attached hydrogens (tertiary/aromatic N) is 1. The van der Waals surface area contributed by atoms with Gasteiger partial charge in [0, 0.05) is 0 Å². The number of aromatic nitrogens is 1. The number of thiazole rings is 1. The molecule has 5 heteroatoms. The first-order valence-electron chi connectivity index (χ1n) is 7.38. The van der Waals surface area contributed by atoms with Crippen molar-refractivity contribution in [2.45, 2.75) is 20.8 Å². The van der Waals surface area contributed by atoms with Crippen LogP contribution in [0.25, 0.3) is 10.2 Å². The molecule has 1 amide bonds. The van der Waals surface area contributed by atoms with E-state index in [1.807, 2.05) is 51.1 Å². The van der Waals surface area contributed by atoms with Crippen molar-refractivity contribution < 1.29 is 9.53 Å². The van der Waals surface area contributed by atoms with E-state index in [4.69, 9.17) is 4.74 Å². The second-order valence-corrected chi connectivity index (χ2v) is 6.63. The molecule has 1 N–H and O–H groups in total. The molecule has 4 nitrogen and oxygen atoms in total. The largest absolute Gasteiger partial charge is 0.483 e. The van der Waals surface area contributed by atoms with Gasteiger partial charge in [-0.05, 0) is 55.7 Å². The van der Waals surface area contributed by atoms with Crippen LogP contribution in [-0.2, 0) is 4.79 Å². The predicted molar refractivity (Wildman–Crippen MR) is 94.4 cm³/mol. The molecule has 0 radical (unpaired) electrons. The summed E-state index contributed by atoms with van der Waals surface area (Å²) >= 11 is 1.47. The van der Waals surface area contributed by atoms with E-state index in [1.165, 1.54) is 16.9 Å². The van der Waals surface area contributed by atoms with Crippen LogP contribution in [0.5, 0.6) is 5.75 Å². The Morgan fingerprint density at radius 3 is 2.70 bits per heavy atom. The van der Waals surface area contributed by atoms with Crippen molar-refractivity contribution in [1.82, 2.24) is 4.98 Å². The van der Waals surface area contributed by atoms with E-state index in [0.29, 0.717) is 5.13 Å². The quantitative estimate of drug-likeness (QED) is 0.780. The Kier molecular flexibility index (Phi) is 4.30. The standard InChI is InChI=1S/C18H18N2O2S/c1-11-4-6-13(3)15(8-11)22-10-17(21)20-18-19-14-7-5-12(2)9-16(14)23-18/h4-9H,10H2,1-3H3,(H,19,20,21). The molecule has 0 spiro atoms. The fraction of sp³-hybridized carbons (Fsp3) is 0.222. The zero-order chi connectivity index (χ0) is 16.4. The molecule has 0 aliphatic rings. The average molecular weight is 326 g/mol. The first kappa shape index (κ1) is 15.5. The summed E-state index contributed by atoms with van der Waals surface area (Å²) in [5.74, 6) is 0.529. The van der Waals surface area contributed by atoms with Crippen LogP contribution >= 0.6 is 11.3 Å². The highest BCUT2D eigenvalue weighted by Gasteiger charge is 2.09. The number of rotatable bonds is 4. The molecule has 1 heterocycles. The van der Waals surface area contributed by atoms with Crippen LogP contribution in [0.2, 0.25) is 0 Å². The molecular formula is C18H18N2O2S. The van der Waals surface area contributed by atoms with Crippen LogP contribution in [0, 0.1) is 20.8 Å². The minimum absolute atomic E-state index is 0.0285. The molecule has 0 bridgehead atoms. The fourth-order valence-corrected chi connectivity index (χ4v) is 3.23. The van der Waals surface area contributed by atoms with E-state index in [2.05, 4.69) is 16.4 Å². The van der Waals surface area contributed by atoms with E-state index in [0.717, 1.165) is 27.1 Å². The highest BCUT2D eigenvalue weighted by atomic mass is 32.1. The third-order valence-corrected chi connectivity index (χ3v) is 4.43. The molecule has 0 saturated heterocycles. The third kappa shape index (κ3) is 3.68. The zero-order valence-electron chi connectivity index (χ0n) is 13.3. The van der Waals surface area contributed by atoms with E-state index in [9.17, 15) is 4.79 Å². The van der Waals surface area contributed by atoms with Gasteiger partial charge in [-0.25, -0.2) is 4.98 Å². The van der Waals surface area contributed by atoms with Crippen LogP contribution in [0.15, 0.2) is 36.4 Å². The number of nitrogens with one attached hydrogen (secondary N) is 1. The number of benzene rings is 2. The summed E-state index contributed by atoms with van der Waals surface area (Å²) in [6.07, 6.45) is 0. The van der Waals surface area contributed by atoms with Crippen molar-refractivity contribution in [2.24, 2.45) is 0 Å². The molecular weight excluding hydrogens is 308 g/mol. The summed E-state index contributed by atoms with van der Waals surface area (Å²) in [7, 11) is 0. The SMILES string of the molecule is Cc1ccc(C)c(OCC(=O)Nc2nc3ccc(C)cc3s2)c1. The van der Waals surface area contributed by atoms with Gasteiger partial charge in [-0.3, -0.25) is 10.1 Å². The summed E-state index contributed by atoms with van der Waals surface area (Å²) in [4.78, 5) is 16.5. The van der Waals surface area contributed by atoms with Crippen molar-refractivity contribution in [3.05, 3.63) is 53.1 Å². The summed E-state index contributed by atoms with van der Waals surface area (Å²) in [6.45, 7) is 5.97. The molecule has 0 fully saturated rings. The van der Waals surface area contributed by atoms with Crippen LogP contribution in [-0.4, -0.2) is 17.5 Å². The normalized spacial score (nSPS) is 10.7. The Balaban J connectivity index is 1.65. The first-order chi connectivity index (χ1) is 11.0. The number of anilines is 1. The van der Waals surface area contributed by atoms with Gasteiger partial charge < -0.3 is 4.74 Å². The first-order valence-corrected chi connectivity index (χ1v) is 8.20. The second-order valence-electron chi connectivity index (χ2n) is 5.60. The number of hydrogen-bond donors (Lipinski definition) is 1. The molecule has 23 heavy (non-hydrogen) atoms. The van der Waals surface area contributed by atoms with E-state index >= 15 is 0 Å². The van der Waals surface area contributed by atoms with Gasteiger partial charge in [0.2, 0.25) is 0 Å². The van der Waals surface area contributed by atoms with Gasteiger partial charge in [0.1, 0.15) is 5.75 Å². The maximum atomic E-state index is 12.1. The van der Waals surface area contributed by atoms with Gasteiger partial charge >= 0.3 is 0 Å². The van der Waals surface area contributed by atoms with Gasteiger partial charge in [0.15, 0.2) is 11.7 Å². The topological polar surface area (TPSA) is 51.2 Å². The Morgan fingerprint density at radius 2 is 1.87 bits per heavy atom. The van der Waals surface area contributed by atoms with Crippen molar-refractivity contribution >= 4 is 32.6 Å². The summed E-state index contributed by atoms with van der Waals surface area (Å²) < 4.78 is 6.68. The number of ether oxygens (including phenoxy) is 1. The monoisotopic (exact) mass is 326 g/mol. The maximum Gasteiger partial charge on any atom is 0.264 e. The molecule has 0 unspecified atom stereocenters. The predicted octanol–water partition coefficient (Wildman–Crippen LogP) is 4.24. The Hall–Kier alpha value is -2.40. The summed E-state index contributed by atoms with van der Waals surface area (Å²) in [5, 5.41) is 3.40. The van der Waals surface area contributed by atoms with Crippen LogP contribution in [0.1, 0.15) is 16.7 Å². The highest BCUT2D eigenvalue weighted by molar-refractivity contribution is 7.22. The molecule has 3 rings (SSSR count). The minimum atomic E-state index is -0.207. The molecule has 0 atom stereocenters. The van der Waals surface area contributed by atoms with E-state index in [-0.39, 0.29) is 12.5 Å². The maximum absolute atomic E-state index is 12.1. The van der Waals surface area contributed by atoms with Gasteiger partial charge in [-0.2, -0.15) is 0 Å². The number of amides is 1. The molecule has 2 aromatic carbocycles. The Morgan fingerprint density at radius 1 is 1.13 bits per heavy atom. The number of carbonyl (C=O) groups is 1. The highest BCUT2D eigenvalue weighted by Crippen LogP contribution is 2.26. The van der Waals surface area contributed by atoms with E-state index < -0.39 is 0 Å². The molecule has 118 valence electrons. The van der Waals surface area contributed by atoms with Gasteiger partial charge in [-0.15, -0.1) is 0 Å². The average Bonchev–Trinajstić information content (AvgIpc) is 2.89. The molecule has 0 aliphatic heterocycles. The Labute approximate surface area is 139 Å². The van der Waals surface area contributed by atoms with Crippen LogP contribution in [0.4, 0.5) is 5.13 Å². The minimum Gasteiger partial charge on any atom is -0.483 e. The van der Waals surface area contributed by atoms with Gasteiger partial charge in [-0.1, -0.05) is 29.5 Å². The van der Waals surface area contributed by atoms with E-state index in [1.54, 1.807) is 0 Å². The van der Waals surface area contributed by atoms with Crippen molar-refractivity contribution in [1.29, 1.82) is 0 Å². The van der Waals surface area contributed by atoms with Crippen LogP contribution < -0.4 is 10.1 Å². The lowest BCUT2D eigenvalue weighted by Crippen LogP contribution is -2.20. The fourth-order valence-electron chi connectivity index (χ4n) is 2.25. The third-order valence-electron chi connectivity index (χ3n) is 3.49. The lowest BCUT2D eigenvalue weighted by Gasteiger charge is -2.09. The number of hydrogen-bond acceptors (Lipinski definition) is 4. The lowest BCUT2D eigenvalue weighted by molar-refractivity contribution is -0.118. The van der Waals surface area contributed by atoms with Gasteiger partial charge in [0.25, 0.3) is 5.91 Å². The van der Waals surface area contributed by atoms with Crippen molar-refractivity contribution in [3.63, 3.8) is 0 Å². The van der Waals surface area contributed by atoms with Crippen molar-refractivity contribution in [3.8, 4) is 5.75 Å². The van der Waals surface area contributed by atoms with Gasteiger partial charge in [0.05, 0.1) is 10.2 Å². The second kappa shape index (κ2) is 6.38. The molecule has 3 aromatic rings. The summed E-state index contributed by atoms with van der Waals surface area (Å²) in [6, 6.07) is 12.0. The number of carbonyl (C=O) groups excluding carboxylic acids is 1.